The van der Waals surface area contributed by atoms with Crippen LogP contribution in [-0.4, -0.2) is 34.1 Å². The van der Waals surface area contributed by atoms with Crippen molar-refractivity contribution in [2.45, 2.75) is 46.2 Å². The quantitative estimate of drug-likeness (QED) is 0.798. The van der Waals surface area contributed by atoms with E-state index in [0.717, 1.165) is 23.8 Å². The highest BCUT2D eigenvalue weighted by Crippen LogP contribution is 2.20. The van der Waals surface area contributed by atoms with Crippen LogP contribution < -0.4 is 5.32 Å². The highest BCUT2D eigenvalue weighted by Gasteiger charge is 2.14. The summed E-state index contributed by atoms with van der Waals surface area (Å²) >= 11 is 1.44. The molecule has 1 rings (SSSR count). The van der Waals surface area contributed by atoms with Crippen LogP contribution in [0.5, 0.6) is 0 Å². The number of aromatic nitrogens is 2. The molecule has 1 N–H and O–H groups in total. The summed E-state index contributed by atoms with van der Waals surface area (Å²) in [7, 11) is 2.16. The fourth-order valence-electron chi connectivity index (χ4n) is 1.88. The van der Waals surface area contributed by atoms with Gasteiger partial charge in [0, 0.05) is 30.7 Å². The number of rotatable bonds is 7. The number of anilines is 1. The minimum Gasteiger partial charge on any atom is -0.374 e. The van der Waals surface area contributed by atoms with E-state index < -0.39 is 0 Å². The van der Waals surface area contributed by atoms with Crippen molar-refractivity contribution in [3.05, 3.63) is 5.69 Å². The minimum atomic E-state index is 0.635. The highest BCUT2D eigenvalue weighted by molar-refractivity contribution is 7.10. The molecule has 1 aromatic heterocycles. The molecule has 4 nitrogen and oxygen atoms in total. The molecule has 0 amide bonds. The van der Waals surface area contributed by atoms with Crippen molar-refractivity contribution in [1.82, 2.24) is 14.5 Å². The van der Waals surface area contributed by atoms with Crippen LogP contribution >= 0.6 is 11.5 Å². The molecule has 0 atom stereocenters. The maximum absolute atomic E-state index is 4.19. The van der Waals surface area contributed by atoms with Crippen molar-refractivity contribution < 1.29 is 0 Å². The van der Waals surface area contributed by atoms with E-state index >= 15 is 0 Å². The molecule has 1 aromatic rings. The zero-order valence-corrected chi connectivity index (χ0v) is 11.5. The van der Waals surface area contributed by atoms with Gasteiger partial charge in [0.2, 0.25) is 0 Å². The van der Waals surface area contributed by atoms with Gasteiger partial charge in [-0.25, -0.2) is 0 Å². The van der Waals surface area contributed by atoms with Gasteiger partial charge in [-0.2, -0.15) is 0 Å². The Bertz CT molecular complexity index is 296. The molecule has 16 heavy (non-hydrogen) atoms. The second-order valence-corrected chi connectivity index (χ2v) is 4.72. The van der Waals surface area contributed by atoms with Crippen LogP contribution in [0.4, 0.5) is 5.00 Å². The lowest BCUT2D eigenvalue weighted by atomic mass is 10.1. The van der Waals surface area contributed by atoms with E-state index in [1.54, 1.807) is 0 Å². The van der Waals surface area contributed by atoms with Crippen molar-refractivity contribution in [2.24, 2.45) is 0 Å². The van der Waals surface area contributed by atoms with Crippen molar-refractivity contribution >= 4 is 16.5 Å². The predicted octanol–water partition coefficient (Wildman–Crippen LogP) is 2.59. The number of hydrogen-bond acceptors (Lipinski definition) is 5. The summed E-state index contributed by atoms with van der Waals surface area (Å²) in [6.45, 7) is 8.36. The third-order valence-electron chi connectivity index (χ3n) is 2.86. The fraction of sp³-hybridized carbons (Fsp3) is 0.818. The summed E-state index contributed by atoms with van der Waals surface area (Å²) in [5.74, 6) is 0. The Morgan fingerprint density at radius 3 is 2.56 bits per heavy atom. The fourth-order valence-corrected chi connectivity index (χ4v) is 2.52. The summed E-state index contributed by atoms with van der Waals surface area (Å²) in [4.78, 5) is 2.36. The number of nitrogens with one attached hydrogen (secondary N) is 1. The maximum Gasteiger partial charge on any atom is 0.134 e. The first-order chi connectivity index (χ1) is 7.72. The molecule has 1 heterocycles. The van der Waals surface area contributed by atoms with Gasteiger partial charge in [-0.1, -0.05) is 18.3 Å². The first-order valence-corrected chi connectivity index (χ1v) is 6.75. The number of hydrogen-bond donors (Lipinski definition) is 1. The molecule has 0 bridgehead atoms. The Labute approximate surface area is 102 Å². The van der Waals surface area contributed by atoms with Crippen molar-refractivity contribution in [2.75, 3.05) is 18.9 Å². The second-order valence-electron chi connectivity index (χ2n) is 3.96. The summed E-state index contributed by atoms with van der Waals surface area (Å²) in [5, 5.41) is 8.60. The molecular weight excluding hydrogens is 220 g/mol. The summed E-state index contributed by atoms with van der Waals surface area (Å²) in [6.07, 6.45) is 2.36. The minimum absolute atomic E-state index is 0.635. The van der Waals surface area contributed by atoms with Crippen molar-refractivity contribution in [1.29, 1.82) is 0 Å². The Hall–Kier alpha value is -0.680. The van der Waals surface area contributed by atoms with Gasteiger partial charge in [0.15, 0.2) is 0 Å². The van der Waals surface area contributed by atoms with E-state index in [-0.39, 0.29) is 0 Å². The maximum atomic E-state index is 4.19. The van der Waals surface area contributed by atoms with E-state index in [2.05, 4.69) is 47.6 Å². The van der Waals surface area contributed by atoms with Crippen LogP contribution in [0.15, 0.2) is 0 Å². The van der Waals surface area contributed by atoms with Crippen LogP contribution in [-0.2, 0) is 6.54 Å². The van der Waals surface area contributed by atoms with Gasteiger partial charge in [-0.05, 0) is 26.8 Å². The van der Waals surface area contributed by atoms with Crippen LogP contribution in [0.3, 0.4) is 0 Å². The molecule has 0 saturated carbocycles. The van der Waals surface area contributed by atoms with Crippen LogP contribution in [0.25, 0.3) is 0 Å². The molecule has 0 aliphatic rings. The van der Waals surface area contributed by atoms with Gasteiger partial charge in [0.1, 0.15) is 10.7 Å². The largest absolute Gasteiger partial charge is 0.374 e. The smallest absolute Gasteiger partial charge is 0.134 e. The van der Waals surface area contributed by atoms with E-state index in [1.807, 2.05) is 0 Å². The zero-order chi connectivity index (χ0) is 12.0. The molecule has 0 aromatic carbocycles. The van der Waals surface area contributed by atoms with Gasteiger partial charge in [-0.3, -0.25) is 4.90 Å². The van der Waals surface area contributed by atoms with Gasteiger partial charge in [0.05, 0.1) is 0 Å². The van der Waals surface area contributed by atoms with Gasteiger partial charge in [-0.15, -0.1) is 5.10 Å². The van der Waals surface area contributed by atoms with Gasteiger partial charge >= 0.3 is 0 Å². The first-order valence-electron chi connectivity index (χ1n) is 5.98. The summed E-state index contributed by atoms with van der Waals surface area (Å²) < 4.78 is 4.01. The zero-order valence-electron chi connectivity index (χ0n) is 10.7. The van der Waals surface area contributed by atoms with Gasteiger partial charge in [0.25, 0.3) is 0 Å². The molecule has 0 radical (unpaired) electrons. The average molecular weight is 242 g/mol. The topological polar surface area (TPSA) is 41.1 Å². The standard InChI is InChI=1S/C11H22N4S/c1-5-9(6-2)15(4)8-10-11(12-7-3)16-14-13-10/h9,12H,5-8H2,1-4H3. The molecule has 0 fully saturated rings. The van der Waals surface area contributed by atoms with Crippen LogP contribution in [0.1, 0.15) is 39.3 Å². The molecule has 0 aliphatic heterocycles. The first kappa shape index (κ1) is 13.4. The Morgan fingerprint density at radius 2 is 2.00 bits per heavy atom. The molecular formula is C11H22N4S. The van der Waals surface area contributed by atoms with E-state index in [0.29, 0.717) is 6.04 Å². The third-order valence-corrected chi connectivity index (χ3v) is 3.58. The van der Waals surface area contributed by atoms with Gasteiger partial charge < -0.3 is 5.32 Å². The Morgan fingerprint density at radius 1 is 1.31 bits per heavy atom. The lowest BCUT2D eigenvalue weighted by Crippen LogP contribution is -2.30. The normalized spacial score (nSPS) is 11.4. The lowest BCUT2D eigenvalue weighted by molar-refractivity contribution is 0.219. The van der Waals surface area contributed by atoms with Crippen LogP contribution in [0.2, 0.25) is 0 Å². The molecule has 0 spiro atoms. The molecule has 5 heteroatoms. The SMILES string of the molecule is CCNc1snnc1CN(C)C(CC)CC. The highest BCUT2D eigenvalue weighted by atomic mass is 32.1. The van der Waals surface area contributed by atoms with E-state index in [4.69, 9.17) is 0 Å². The molecule has 0 aliphatic carbocycles. The Balaban J connectivity index is 2.61. The summed E-state index contributed by atoms with van der Waals surface area (Å²) in [6, 6.07) is 0.635. The monoisotopic (exact) mass is 242 g/mol. The molecule has 0 unspecified atom stereocenters. The van der Waals surface area contributed by atoms with Crippen molar-refractivity contribution in [3.63, 3.8) is 0 Å². The third kappa shape index (κ3) is 3.42. The Kier molecular flexibility index (Phi) is 5.69. The number of nitrogens with zero attached hydrogens (tertiary/aromatic N) is 3. The second kappa shape index (κ2) is 6.81. The molecule has 92 valence electrons. The van der Waals surface area contributed by atoms with E-state index in [9.17, 15) is 0 Å². The summed E-state index contributed by atoms with van der Waals surface area (Å²) in [5.41, 5.74) is 1.07. The van der Waals surface area contributed by atoms with Crippen molar-refractivity contribution in [3.8, 4) is 0 Å². The average Bonchev–Trinajstić information content (AvgIpc) is 2.68. The predicted molar refractivity (Wildman–Crippen MR) is 69.9 cm³/mol. The molecule has 0 saturated heterocycles. The van der Waals surface area contributed by atoms with E-state index in [1.165, 1.54) is 24.4 Å². The lowest BCUT2D eigenvalue weighted by Gasteiger charge is -2.25. The van der Waals surface area contributed by atoms with Crippen LogP contribution in [0, 0.1) is 0 Å².